The number of aromatic nitrogens is 1. The number of hydrogen-bond donors (Lipinski definition) is 3. The molecule has 0 aliphatic carbocycles. The van der Waals surface area contributed by atoms with Crippen LogP contribution in [0.15, 0.2) is 24.3 Å². The van der Waals surface area contributed by atoms with E-state index in [0.29, 0.717) is 11.0 Å². The first-order valence-electron chi connectivity index (χ1n) is 6.53. The smallest absolute Gasteiger partial charge is 0.269 e. The molecule has 1 amide bonds. The molecule has 0 atom stereocenters. The molecule has 5 nitrogen and oxygen atoms in total. The van der Waals surface area contributed by atoms with Crippen LogP contribution in [0.25, 0.3) is 0 Å². The summed E-state index contributed by atoms with van der Waals surface area (Å²) in [5.41, 5.74) is 5.86. The highest BCUT2D eigenvalue weighted by molar-refractivity contribution is 7.18. The SMILES string of the molecule is CC(C)CNc1nc(N)c(C(=O)Nc2ccccc2F)s1. The number of nitrogens with zero attached hydrogens (tertiary/aromatic N) is 1. The molecule has 0 saturated heterocycles. The predicted octanol–water partition coefficient (Wildman–Crippen LogP) is 3.18. The zero-order chi connectivity index (χ0) is 15.4. The molecular formula is C14H17FN4OS. The number of nitrogen functional groups attached to an aromatic ring is 1. The zero-order valence-corrected chi connectivity index (χ0v) is 12.6. The van der Waals surface area contributed by atoms with Crippen molar-refractivity contribution in [2.75, 3.05) is 22.9 Å². The topological polar surface area (TPSA) is 80.0 Å². The summed E-state index contributed by atoms with van der Waals surface area (Å²) in [6, 6.07) is 5.97. The second-order valence-corrected chi connectivity index (χ2v) is 5.94. The fourth-order valence-electron chi connectivity index (χ4n) is 1.60. The number of nitrogens with two attached hydrogens (primary N) is 1. The largest absolute Gasteiger partial charge is 0.382 e. The van der Waals surface area contributed by atoms with Crippen LogP contribution in [0, 0.1) is 11.7 Å². The zero-order valence-electron chi connectivity index (χ0n) is 11.8. The number of halogens is 1. The molecule has 1 aromatic heterocycles. The van der Waals surface area contributed by atoms with Gasteiger partial charge in [0, 0.05) is 6.54 Å². The van der Waals surface area contributed by atoms with Gasteiger partial charge in [-0.05, 0) is 18.1 Å². The second-order valence-electron chi connectivity index (χ2n) is 4.94. The van der Waals surface area contributed by atoms with E-state index in [9.17, 15) is 9.18 Å². The van der Waals surface area contributed by atoms with E-state index >= 15 is 0 Å². The highest BCUT2D eigenvalue weighted by Gasteiger charge is 2.17. The van der Waals surface area contributed by atoms with Crippen molar-refractivity contribution in [3.63, 3.8) is 0 Å². The van der Waals surface area contributed by atoms with Gasteiger partial charge in [-0.2, -0.15) is 0 Å². The summed E-state index contributed by atoms with van der Waals surface area (Å²) in [4.78, 5) is 16.5. The van der Waals surface area contributed by atoms with E-state index in [1.807, 2.05) is 0 Å². The van der Waals surface area contributed by atoms with E-state index in [1.54, 1.807) is 12.1 Å². The first-order chi connectivity index (χ1) is 9.97. The summed E-state index contributed by atoms with van der Waals surface area (Å²) in [5.74, 6) is -0.370. The van der Waals surface area contributed by atoms with Gasteiger partial charge in [-0.25, -0.2) is 9.37 Å². The summed E-state index contributed by atoms with van der Waals surface area (Å²) in [5, 5.41) is 6.19. The van der Waals surface area contributed by atoms with Crippen LogP contribution in [0.5, 0.6) is 0 Å². The normalized spacial score (nSPS) is 10.7. The Bertz CT molecular complexity index is 642. The van der Waals surface area contributed by atoms with Gasteiger partial charge in [-0.3, -0.25) is 4.79 Å². The van der Waals surface area contributed by atoms with Crippen LogP contribution >= 0.6 is 11.3 Å². The quantitative estimate of drug-likeness (QED) is 0.792. The number of carbonyl (C=O) groups is 1. The lowest BCUT2D eigenvalue weighted by molar-refractivity contribution is 0.103. The van der Waals surface area contributed by atoms with Crippen molar-refractivity contribution in [1.29, 1.82) is 0 Å². The Morgan fingerprint density at radius 3 is 2.81 bits per heavy atom. The molecule has 2 rings (SSSR count). The monoisotopic (exact) mass is 308 g/mol. The minimum Gasteiger partial charge on any atom is -0.382 e. The molecule has 0 spiro atoms. The average Bonchev–Trinajstić information content (AvgIpc) is 2.80. The van der Waals surface area contributed by atoms with Crippen molar-refractivity contribution in [3.8, 4) is 0 Å². The second kappa shape index (κ2) is 6.53. The van der Waals surface area contributed by atoms with Crippen molar-refractivity contribution in [2.45, 2.75) is 13.8 Å². The molecule has 4 N–H and O–H groups in total. The highest BCUT2D eigenvalue weighted by Crippen LogP contribution is 2.26. The lowest BCUT2D eigenvalue weighted by atomic mass is 10.2. The lowest BCUT2D eigenvalue weighted by Gasteiger charge is -2.05. The van der Waals surface area contributed by atoms with Gasteiger partial charge in [0.2, 0.25) is 0 Å². The van der Waals surface area contributed by atoms with Crippen LogP contribution in [0.3, 0.4) is 0 Å². The van der Waals surface area contributed by atoms with Crippen LogP contribution < -0.4 is 16.4 Å². The highest BCUT2D eigenvalue weighted by atomic mass is 32.1. The first kappa shape index (κ1) is 15.2. The van der Waals surface area contributed by atoms with E-state index in [1.165, 1.54) is 12.1 Å². The molecule has 0 aliphatic heterocycles. The van der Waals surface area contributed by atoms with Crippen LogP contribution in [0.1, 0.15) is 23.5 Å². The molecule has 0 unspecified atom stereocenters. The number of anilines is 3. The van der Waals surface area contributed by atoms with Gasteiger partial charge in [0.1, 0.15) is 16.5 Å². The van der Waals surface area contributed by atoms with Gasteiger partial charge in [-0.15, -0.1) is 0 Å². The molecule has 0 bridgehead atoms. The number of rotatable bonds is 5. The van der Waals surface area contributed by atoms with E-state index in [2.05, 4.69) is 29.5 Å². The van der Waals surface area contributed by atoms with E-state index < -0.39 is 11.7 Å². The Morgan fingerprint density at radius 1 is 1.43 bits per heavy atom. The number of carbonyl (C=O) groups excluding carboxylic acids is 1. The van der Waals surface area contributed by atoms with Gasteiger partial charge in [0.25, 0.3) is 5.91 Å². The summed E-state index contributed by atoms with van der Waals surface area (Å²) >= 11 is 1.15. The molecule has 0 radical (unpaired) electrons. The molecular weight excluding hydrogens is 291 g/mol. The maximum absolute atomic E-state index is 13.5. The predicted molar refractivity (Wildman–Crippen MR) is 84.2 cm³/mol. The van der Waals surface area contributed by atoms with Crippen molar-refractivity contribution in [1.82, 2.24) is 4.98 Å². The third kappa shape index (κ3) is 3.91. The summed E-state index contributed by atoms with van der Waals surface area (Å²) in [6.07, 6.45) is 0. The third-order valence-electron chi connectivity index (χ3n) is 2.64. The number of benzene rings is 1. The fourth-order valence-corrected chi connectivity index (χ4v) is 2.39. The third-order valence-corrected chi connectivity index (χ3v) is 3.67. The maximum Gasteiger partial charge on any atom is 0.269 e. The van der Waals surface area contributed by atoms with Gasteiger partial charge < -0.3 is 16.4 Å². The average molecular weight is 308 g/mol. The van der Waals surface area contributed by atoms with Gasteiger partial charge >= 0.3 is 0 Å². The summed E-state index contributed by atoms with van der Waals surface area (Å²) in [6.45, 7) is 4.87. The number of para-hydroxylation sites is 1. The van der Waals surface area contributed by atoms with Crippen LogP contribution in [-0.4, -0.2) is 17.4 Å². The van der Waals surface area contributed by atoms with Crippen molar-refractivity contribution >= 4 is 33.9 Å². The summed E-state index contributed by atoms with van der Waals surface area (Å²) in [7, 11) is 0. The van der Waals surface area contributed by atoms with Crippen LogP contribution in [-0.2, 0) is 0 Å². The van der Waals surface area contributed by atoms with Gasteiger partial charge in [0.05, 0.1) is 5.69 Å². The minimum atomic E-state index is -0.493. The Labute approximate surface area is 126 Å². The van der Waals surface area contributed by atoms with E-state index in [-0.39, 0.29) is 16.4 Å². The maximum atomic E-state index is 13.5. The van der Waals surface area contributed by atoms with Crippen LogP contribution in [0.4, 0.5) is 21.0 Å². The van der Waals surface area contributed by atoms with Crippen molar-refractivity contribution < 1.29 is 9.18 Å². The van der Waals surface area contributed by atoms with E-state index in [0.717, 1.165) is 17.9 Å². The van der Waals surface area contributed by atoms with Gasteiger partial charge in [0.15, 0.2) is 5.13 Å². The molecule has 112 valence electrons. The molecule has 0 aliphatic rings. The molecule has 0 fully saturated rings. The van der Waals surface area contributed by atoms with Crippen LogP contribution in [0.2, 0.25) is 0 Å². The van der Waals surface area contributed by atoms with Crippen molar-refractivity contribution in [2.24, 2.45) is 5.92 Å². The molecule has 2 aromatic rings. The first-order valence-corrected chi connectivity index (χ1v) is 7.35. The standard InChI is InChI=1S/C14H17FN4OS/c1-8(2)7-17-14-19-12(16)11(21-14)13(20)18-10-6-4-3-5-9(10)15/h3-6,8H,7,16H2,1-2H3,(H,17,19)(H,18,20). The minimum absolute atomic E-state index is 0.118. The lowest BCUT2D eigenvalue weighted by Crippen LogP contribution is -2.13. The molecule has 21 heavy (non-hydrogen) atoms. The Kier molecular flexibility index (Phi) is 4.74. The Morgan fingerprint density at radius 2 is 2.14 bits per heavy atom. The van der Waals surface area contributed by atoms with Gasteiger partial charge in [-0.1, -0.05) is 37.3 Å². The Balaban J connectivity index is 2.11. The van der Waals surface area contributed by atoms with Crippen molar-refractivity contribution in [3.05, 3.63) is 35.0 Å². The summed E-state index contributed by atoms with van der Waals surface area (Å²) < 4.78 is 13.5. The van der Waals surface area contributed by atoms with E-state index in [4.69, 9.17) is 5.73 Å². The molecule has 0 saturated carbocycles. The molecule has 7 heteroatoms. The number of amides is 1. The molecule has 1 aromatic carbocycles. The Hall–Kier alpha value is -2.15. The number of thiazole rings is 1. The molecule has 1 heterocycles. The fraction of sp³-hybridized carbons (Fsp3) is 0.286. The number of nitrogens with one attached hydrogen (secondary N) is 2. The number of hydrogen-bond acceptors (Lipinski definition) is 5.